The molecular formula is C30H19BrCl4N2O3. The molecule has 4 aromatic carbocycles. The topological polar surface area (TPSA) is 71.3 Å². The summed E-state index contributed by atoms with van der Waals surface area (Å²) in [4.78, 5) is 12.9. The maximum absolute atomic E-state index is 12.9. The lowest BCUT2D eigenvalue weighted by Gasteiger charge is -2.11. The SMILES string of the molecule is N#C/C(=C\c1cc(Br)ccc1OCc1ccc(Cl)c(Cl)c1)C(=O)Nc1ccc(OCc2ccc(Cl)cc2Cl)cc1. The zero-order valence-electron chi connectivity index (χ0n) is 20.6. The molecule has 4 aromatic rings. The first-order valence-corrected chi connectivity index (χ1v) is 14.0. The number of carbonyl (C=O) groups is 1. The zero-order valence-corrected chi connectivity index (χ0v) is 25.2. The van der Waals surface area contributed by atoms with Crippen LogP contribution in [0.25, 0.3) is 6.08 Å². The highest BCUT2D eigenvalue weighted by atomic mass is 79.9. The number of rotatable bonds is 9. The van der Waals surface area contributed by atoms with Crippen LogP contribution in [0, 0.1) is 11.3 Å². The summed E-state index contributed by atoms with van der Waals surface area (Å²) in [5.41, 5.74) is 2.54. The lowest BCUT2D eigenvalue weighted by atomic mass is 10.1. The molecule has 0 radical (unpaired) electrons. The summed E-state index contributed by atoms with van der Waals surface area (Å²) in [6, 6.07) is 24.4. The van der Waals surface area contributed by atoms with E-state index in [0.717, 1.165) is 15.6 Å². The first kappa shape index (κ1) is 29.8. The largest absolute Gasteiger partial charge is 0.489 e. The van der Waals surface area contributed by atoms with E-state index >= 15 is 0 Å². The van der Waals surface area contributed by atoms with Gasteiger partial charge in [0.05, 0.1) is 10.0 Å². The fourth-order valence-electron chi connectivity index (χ4n) is 3.49. The average Bonchev–Trinajstić information content (AvgIpc) is 2.93. The molecule has 202 valence electrons. The molecule has 0 saturated heterocycles. The van der Waals surface area contributed by atoms with Crippen molar-refractivity contribution in [2.75, 3.05) is 5.32 Å². The van der Waals surface area contributed by atoms with Crippen molar-refractivity contribution in [1.29, 1.82) is 5.26 Å². The van der Waals surface area contributed by atoms with Crippen LogP contribution in [0.5, 0.6) is 11.5 Å². The van der Waals surface area contributed by atoms with Crippen LogP contribution in [0.3, 0.4) is 0 Å². The van der Waals surface area contributed by atoms with Crippen LogP contribution >= 0.6 is 62.3 Å². The van der Waals surface area contributed by atoms with E-state index in [9.17, 15) is 10.1 Å². The summed E-state index contributed by atoms with van der Waals surface area (Å²) >= 11 is 27.6. The molecule has 0 fully saturated rings. The molecule has 5 nitrogen and oxygen atoms in total. The minimum absolute atomic E-state index is 0.102. The number of anilines is 1. The van der Waals surface area contributed by atoms with Crippen molar-refractivity contribution in [2.45, 2.75) is 13.2 Å². The highest BCUT2D eigenvalue weighted by Gasteiger charge is 2.13. The number of hydrogen-bond donors (Lipinski definition) is 1. The van der Waals surface area contributed by atoms with Crippen molar-refractivity contribution in [2.24, 2.45) is 0 Å². The van der Waals surface area contributed by atoms with Gasteiger partial charge in [0.15, 0.2) is 0 Å². The first-order valence-electron chi connectivity index (χ1n) is 11.7. The van der Waals surface area contributed by atoms with Crippen molar-refractivity contribution in [1.82, 2.24) is 0 Å². The maximum atomic E-state index is 12.9. The van der Waals surface area contributed by atoms with Gasteiger partial charge in [-0.15, -0.1) is 0 Å². The minimum Gasteiger partial charge on any atom is -0.489 e. The lowest BCUT2D eigenvalue weighted by molar-refractivity contribution is -0.112. The summed E-state index contributed by atoms with van der Waals surface area (Å²) in [7, 11) is 0. The van der Waals surface area contributed by atoms with Crippen molar-refractivity contribution >= 4 is 80.0 Å². The van der Waals surface area contributed by atoms with Gasteiger partial charge < -0.3 is 14.8 Å². The van der Waals surface area contributed by atoms with E-state index < -0.39 is 5.91 Å². The Labute approximate surface area is 260 Å². The number of nitrogens with one attached hydrogen (secondary N) is 1. The summed E-state index contributed by atoms with van der Waals surface area (Å²) in [5, 5.41) is 14.4. The molecule has 0 atom stereocenters. The summed E-state index contributed by atoms with van der Waals surface area (Å²) in [5.74, 6) is 0.495. The Morgan fingerprint density at radius 3 is 2.33 bits per heavy atom. The molecule has 0 aromatic heterocycles. The van der Waals surface area contributed by atoms with Crippen LogP contribution in [0.1, 0.15) is 16.7 Å². The van der Waals surface area contributed by atoms with E-state index in [1.54, 1.807) is 78.9 Å². The van der Waals surface area contributed by atoms with Crippen LogP contribution in [0.15, 0.2) is 88.9 Å². The van der Waals surface area contributed by atoms with E-state index in [1.807, 2.05) is 6.07 Å². The van der Waals surface area contributed by atoms with Crippen molar-refractivity contribution in [3.8, 4) is 17.6 Å². The number of amides is 1. The quantitative estimate of drug-likeness (QED) is 0.142. The predicted octanol–water partition coefficient (Wildman–Crippen LogP) is 9.77. The van der Waals surface area contributed by atoms with Gasteiger partial charge in [0.2, 0.25) is 0 Å². The van der Waals surface area contributed by atoms with Crippen molar-refractivity contribution in [3.05, 3.63) is 126 Å². The molecule has 0 bridgehead atoms. The molecule has 0 unspecified atom stereocenters. The maximum Gasteiger partial charge on any atom is 0.266 e. The van der Waals surface area contributed by atoms with Crippen molar-refractivity contribution < 1.29 is 14.3 Å². The number of nitriles is 1. The minimum atomic E-state index is -0.570. The fourth-order valence-corrected chi connectivity index (χ4v) is 4.65. The second-order valence-electron chi connectivity index (χ2n) is 8.39. The van der Waals surface area contributed by atoms with Crippen LogP contribution < -0.4 is 14.8 Å². The van der Waals surface area contributed by atoms with Gasteiger partial charge in [-0.2, -0.15) is 5.26 Å². The van der Waals surface area contributed by atoms with Crippen LogP contribution in [0.2, 0.25) is 20.1 Å². The Morgan fingerprint density at radius 1 is 0.850 bits per heavy atom. The first-order chi connectivity index (χ1) is 19.2. The average molecular weight is 677 g/mol. The number of carbonyl (C=O) groups excluding carboxylic acids is 1. The normalized spacial score (nSPS) is 11.1. The number of nitrogens with zero attached hydrogens (tertiary/aromatic N) is 1. The molecule has 4 rings (SSSR count). The Balaban J connectivity index is 1.43. The summed E-state index contributed by atoms with van der Waals surface area (Å²) in [6.45, 7) is 0.469. The fraction of sp³-hybridized carbons (Fsp3) is 0.0667. The smallest absolute Gasteiger partial charge is 0.266 e. The Hall–Kier alpha value is -3.18. The Morgan fingerprint density at radius 2 is 1.62 bits per heavy atom. The molecule has 40 heavy (non-hydrogen) atoms. The van der Waals surface area contributed by atoms with Gasteiger partial charge in [-0.1, -0.05) is 74.5 Å². The monoisotopic (exact) mass is 674 g/mol. The van der Waals surface area contributed by atoms with Gasteiger partial charge in [0, 0.05) is 31.3 Å². The van der Waals surface area contributed by atoms with Gasteiger partial charge >= 0.3 is 0 Å². The van der Waals surface area contributed by atoms with Gasteiger partial charge in [-0.25, -0.2) is 0 Å². The molecule has 0 saturated carbocycles. The molecule has 10 heteroatoms. The van der Waals surface area contributed by atoms with E-state index in [0.29, 0.717) is 42.8 Å². The van der Waals surface area contributed by atoms with E-state index in [4.69, 9.17) is 55.9 Å². The van der Waals surface area contributed by atoms with E-state index in [-0.39, 0.29) is 18.8 Å². The van der Waals surface area contributed by atoms with Crippen molar-refractivity contribution in [3.63, 3.8) is 0 Å². The molecular weight excluding hydrogens is 658 g/mol. The third-order valence-corrected chi connectivity index (χ3v) is 7.36. The molecule has 0 aliphatic carbocycles. The van der Waals surface area contributed by atoms with Gasteiger partial charge in [0.25, 0.3) is 5.91 Å². The van der Waals surface area contributed by atoms with Crippen LogP contribution in [0.4, 0.5) is 5.69 Å². The third kappa shape index (κ3) is 8.17. The third-order valence-electron chi connectivity index (χ3n) is 5.54. The highest BCUT2D eigenvalue weighted by Crippen LogP contribution is 2.29. The molecule has 1 amide bonds. The Bertz CT molecular complexity index is 1620. The van der Waals surface area contributed by atoms with Gasteiger partial charge in [-0.05, 0) is 78.4 Å². The van der Waals surface area contributed by atoms with Gasteiger partial charge in [-0.3, -0.25) is 4.79 Å². The van der Waals surface area contributed by atoms with E-state index in [2.05, 4.69) is 21.2 Å². The predicted molar refractivity (Wildman–Crippen MR) is 164 cm³/mol. The summed E-state index contributed by atoms with van der Waals surface area (Å²) in [6.07, 6.45) is 1.47. The van der Waals surface area contributed by atoms with Gasteiger partial charge in [0.1, 0.15) is 36.4 Å². The second kappa shape index (κ2) is 13.9. The number of hydrogen-bond acceptors (Lipinski definition) is 4. The zero-order chi connectivity index (χ0) is 28.6. The molecule has 0 heterocycles. The molecule has 0 aliphatic heterocycles. The number of halogens is 5. The number of ether oxygens (including phenoxy) is 2. The lowest BCUT2D eigenvalue weighted by Crippen LogP contribution is -2.13. The Kier molecular flexibility index (Phi) is 10.4. The molecule has 1 N–H and O–H groups in total. The van der Waals surface area contributed by atoms with Crippen LogP contribution in [-0.2, 0) is 18.0 Å². The summed E-state index contributed by atoms with van der Waals surface area (Å²) < 4.78 is 12.5. The molecule has 0 aliphatic rings. The van der Waals surface area contributed by atoms with E-state index in [1.165, 1.54) is 6.08 Å². The second-order valence-corrected chi connectivity index (χ2v) is 11.0. The van der Waals surface area contributed by atoms with Crippen LogP contribution in [-0.4, -0.2) is 5.91 Å². The molecule has 0 spiro atoms. The number of benzene rings is 4. The standard InChI is InChI=1S/C30H19BrCl4N2O3/c31-22-3-10-29(40-16-18-1-9-26(33)28(35)11-18)20(13-22)12-21(15-36)30(38)37-24-5-7-25(8-6-24)39-17-19-2-4-23(32)14-27(19)34/h1-14H,16-17H2,(H,37,38)/b21-12+. The highest BCUT2D eigenvalue weighted by molar-refractivity contribution is 9.10.